The van der Waals surface area contributed by atoms with Gasteiger partial charge >= 0.3 is 0 Å². The van der Waals surface area contributed by atoms with Crippen molar-refractivity contribution in [3.63, 3.8) is 0 Å². The number of anilines is 2. The molecule has 0 radical (unpaired) electrons. The summed E-state index contributed by atoms with van der Waals surface area (Å²) in [6, 6.07) is 14.7. The molecule has 0 atom stereocenters. The molecule has 126 valence electrons. The molecule has 1 aliphatic carbocycles. The Balaban J connectivity index is 1.87. The van der Waals surface area contributed by atoms with Crippen LogP contribution in [-0.2, 0) is 10.0 Å². The maximum Gasteiger partial charge on any atom is 0.258 e. The molecule has 1 fully saturated rings. The highest BCUT2D eigenvalue weighted by Gasteiger charge is 2.34. The lowest BCUT2D eigenvalue weighted by atomic mass is 10.1. The highest BCUT2D eigenvalue weighted by atomic mass is 32.2. The van der Waals surface area contributed by atoms with E-state index in [1.807, 2.05) is 31.2 Å². The van der Waals surface area contributed by atoms with Crippen molar-refractivity contribution in [2.75, 3.05) is 15.9 Å². The Labute approximate surface area is 142 Å². The summed E-state index contributed by atoms with van der Waals surface area (Å²) in [6.45, 7) is 1.96. The topological polar surface area (TPSA) is 66.5 Å². The maximum absolute atomic E-state index is 12.9. The van der Waals surface area contributed by atoms with Crippen molar-refractivity contribution in [2.45, 2.75) is 25.8 Å². The molecule has 0 heterocycles. The first kappa shape index (κ1) is 16.5. The first-order valence-corrected chi connectivity index (χ1v) is 9.71. The molecule has 2 aromatic rings. The number of carbonyl (C=O) groups is 1. The van der Waals surface area contributed by atoms with E-state index in [9.17, 15) is 13.2 Å². The van der Waals surface area contributed by atoms with E-state index in [1.54, 1.807) is 29.2 Å². The summed E-state index contributed by atoms with van der Waals surface area (Å²) in [5, 5.41) is 0. The summed E-state index contributed by atoms with van der Waals surface area (Å²) in [5.74, 6) is -0.0231. The molecule has 1 N–H and O–H groups in total. The van der Waals surface area contributed by atoms with Gasteiger partial charge in [0.05, 0.1) is 6.26 Å². The lowest BCUT2D eigenvalue weighted by Gasteiger charge is -2.23. The minimum absolute atomic E-state index is 0.0231. The van der Waals surface area contributed by atoms with Gasteiger partial charge in [0.15, 0.2) is 0 Å². The van der Waals surface area contributed by atoms with Gasteiger partial charge in [-0.25, -0.2) is 8.42 Å². The van der Waals surface area contributed by atoms with Crippen LogP contribution in [0.1, 0.15) is 28.8 Å². The second kappa shape index (κ2) is 6.28. The van der Waals surface area contributed by atoms with Crippen molar-refractivity contribution < 1.29 is 13.2 Å². The molecular weight excluding hydrogens is 324 g/mol. The molecule has 0 aromatic heterocycles. The van der Waals surface area contributed by atoms with E-state index >= 15 is 0 Å². The van der Waals surface area contributed by atoms with Crippen molar-refractivity contribution in [1.29, 1.82) is 0 Å². The average molecular weight is 344 g/mol. The third-order valence-corrected chi connectivity index (χ3v) is 4.45. The normalized spacial score (nSPS) is 14.2. The first-order valence-electron chi connectivity index (χ1n) is 7.81. The zero-order valence-corrected chi connectivity index (χ0v) is 14.5. The number of hydrogen-bond acceptors (Lipinski definition) is 3. The monoisotopic (exact) mass is 344 g/mol. The van der Waals surface area contributed by atoms with E-state index in [0.717, 1.165) is 30.3 Å². The van der Waals surface area contributed by atoms with Gasteiger partial charge in [0, 0.05) is 23.0 Å². The smallest absolute Gasteiger partial charge is 0.258 e. The quantitative estimate of drug-likeness (QED) is 0.906. The zero-order valence-electron chi connectivity index (χ0n) is 13.7. The fourth-order valence-electron chi connectivity index (χ4n) is 2.65. The van der Waals surface area contributed by atoms with Gasteiger partial charge in [-0.15, -0.1) is 0 Å². The predicted octanol–water partition coefficient (Wildman–Crippen LogP) is 3.18. The van der Waals surface area contributed by atoms with Crippen molar-refractivity contribution in [3.8, 4) is 0 Å². The van der Waals surface area contributed by atoms with Crippen LogP contribution in [0.25, 0.3) is 0 Å². The number of benzene rings is 2. The van der Waals surface area contributed by atoms with Crippen LogP contribution >= 0.6 is 0 Å². The molecule has 0 spiro atoms. The summed E-state index contributed by atoms with van der Waals surface area (Å²) < 4.78 is 25.0. The van der Waals surface area contributed by atoms with E-state index in [-0.39, 0.29) is 11.9 Å². The summed E-state index contributed by atoms with van der Waals surface area (Å²) in [4.78, 5) is 14.7. The number of amides is 1. The highest BCUT2D eigenvalue weighted by molar-refractivity contribution is 7.92. The van der Waals surface area contributed by atoms with Crippen LogP contribution in [0.3, 0.4) is 0 Å². The molecule has 1 amide bonds. The predicted molar refractivity (Wildman–Crippen MR) is 95.9 cm³/mol. The molecule has 24 heavy (non-hydrogen) atoms. The maximum atomic E-state index is 12.9. The van der Waals surface area contributed by atoms with Gasteiger partial charge in [0.1, 0.15) is 0 Å². The Morgan fingerprint density at radius 1 is 1.12 bits per heavy atom. The molecule has 1 saturated carbocycles. The lowest BCUT2D eigenvalue weighted by molar-refractivity contribution is 0.0985. The number of aryl methyl sites for hydroxylation is 1. The molecule has 0 bridgehead atoms. The molecule has 0 aliphatic heterocycles. The number of sulfonamides is 1. The summed E-state index contributed by atoms with van der Waals surface area (Å²) in [6.07, 6.45) is 3.08. The second-order valence-electron chi connectivity index (χ2n) is 6.20. The Bertz CT molecular complexity index is 856. The number of nitrogens with one attached hydrogen (secondary N) is 1. The van der Waals surface area contributed by atoms with Crippen LogP contribution in [0.2, 0.25) is 0 Å². The SMILES string of the molecule is Cc1cccc(C(=O)N(c2ccc(NS(C)(=O)=O)cc2)C2CC2)c1. The van der Waals surface area contributed by atoms with Gasteiger partial charge < -0.3 is 4.90 Å². The fourth-order valence-corrected chi connectivity index (χ4v) is 3.21. The van der Waals surface area contributed by atoms with Gasteiger partial charge in [-0.05, 0) is 56.2 Å². The number of rotatable bonds is 5. The van der Waals surface area contributed by atoms with Crippen molar-refractivity contribution in [1.82, 2.24) is 0 Å². The summed E-state index contributed by atoms with van der Waals surface area (Å²) in [7, 11) is -3.31. The van der Waals surface area contributed by atoms with Crippen LogP contribution in [-0.4, -0.2) is 26.6 Å². The van der Waals surface area contributed by atoms with Gasteiger partial charge in [-0.2, -0.15) is 0 Å². The van der Waals surface area contributed by atoms with E-state index in [0.29, 0.717) is 11.3 Å². The van der Waals surface area contributed by atoms with Gasteiger partial charge in [0.2, 0.25) is 10.0 Å². The second-order valence-corrected chi connectivity index (χ2v) is 7.95. The Morgan fingerprint density at radius 2 is 1.79 bits per heavy atom. The molecule has 5 nitrogen and oxygen atoms in total. The minimum atomic E-state index is -3.31. The van der Waals surface area contributed by atoms with Crippen LogP contribution < -0.4 is 9.62 Å². The number of carbonyl (C=O) groups excluding carboxylic acids is 1. The van der Waals surface area contributed by atoms with Crippen LogP contribution in [0.5, 0.6) is 0 Å². The average Bonchev–Trinajstić information content (AvgIpc) is 3.32. The molecule has 0 unspecified atom stereocenters. The van der Waals surface area contributed by atoms with Gasteiger partial charge in [-0.3, -0.25) is 9.52 Å². The number of nitrogens with zero attached hydrogens (tertiary/aromatic N) is 1. The standard InChI is InChI=1S/C18H20N2O3S/c1-13-4-3-5-14(12-13)18(21)20(17-10-11-17)16-8-6-15(7-9-16)19-24(2,22)23/h3-9,12,17,19H,10-11H2,1-2H3. The Hall–Kier alpha value is -2.34. The van der Waals surface area contributed by atoms with E-state index in [1.165, 1.54) is 0 Å². The van der Waals surface area contributed by atoms with Crippen LogP contribution in [0.15, 0.2) is 48.5 Å². The molecule has 6 heteroatoms. The molecule has 3 rings (SSSR count). The van der Waals surface area contributed by atoms with Crippen LogP contribution in [0, 0.1) is 6.92 Å². The van der Waals surface area contributed by atoms with Crippen LogP contribution in [0.4, 0.5) is 11.4 Å². The third-order valence-electron chi connectivity index (χ3n) is 3.84. The van der Waals surface area contributed by atoms with E-state index in [2.05, 4.69) is 4.72 Å². The third kappa shape index (κ3) is 3.94. The van der Waals surface area contributed by atoms with Crippen molar-refractivity contribution in [3.05, 3.63) is 59.7 Å². The molecule has 0 saturated heterocycles. The Morgan fingerprint density at radius 3 is 2.33 bits per heavy atom. The number of hydrogen-bond donors (Lipinski definition) is 1. The first-order chi connectivity index (χ1) is 11.3. The molecular formula is C18H20N2O3S. The van der Waals surface area contributed by atoms with Gasteiger partial charge in [0.25, 0.3) is 5.91 Å². The van der Waals surface area contributed by atoms with E-state index < -0.39 is 10.0 Å². The molecule has 1 aliphatic rings. The van der Waals surface area contributed by atoms with Crippen molar-refractivity contribution in [2.24, 2.45) is 0 Å². The summed E-state index contributed by atoms with van der Waals surface area (Å²) >= 11 is 0. The highest BCUT2D eigenvalue weighted by Crippen LogP contribution is 2.33. The Kier molecular flexibility index (Phi) is 4.32. The summed E-state index contributed by atoms with van der Waals surface area (Å²) in [5.41, 5.74) is 2.98. The van der Waals surface area contributed by atoms with E-state index in [4.69, 9.17) is 0 Å². The lowest BCUT2D eigenvalue weighted by Crippen LogP contribution is -2.33. The fraction of sp³-hybridized carbons (Fsp3) is 0.278. The zero-order chi connectivity index (χ0) is 17.3. The molecule has 2 aromatic carbocycles. The van der Waals surface area contributed by atoms with Gasteiger partial charge in [-0.1, -0.05) is 17.7 Å². The van der Waals surface area contributed by atoms with Crippen molar-refractivity contribution >= 4 is 27.3 Å². The largest absolute Gasteiger partial charge is 0.305 e. The minimum Gasteiger partial charge on any atom is -0.305 e.